The zero-order valence-electron chi connectivity index (χ0n) is 10.6. The van der Waals surface area contributed by atoms with Crippen molar-refractivity contribution in [2.45, 2.75) is 13.8 Å². The maximum Gasteiger partial charge on any atom is 2.00 e. The summed E-state index contributed by atoms with van der Waals surface area (Å²) in [6.07, 6.45) is 0. The van der Waals surface area contributed by atoms with Crippen molar-refractivity contribution in [2.24, 2.45) is 0 Å². The minimum Gasteiger partial charge on any atom is -0.542 e. The van der Waals surface area contributed by atoms with Gasteiger partial charge in [-0.25, -0.2) is 0 Å². The molecule has 9 heteroatoms. The summed E-state index contributed by atoms with van der Waals surface area (Å²) in [4.78, 5) is 39.9. The Balaban J connectivity index is -0.000000256. The number of carbonyl (C=O) groups excluding carboxylic acids is 4. The number of carboxylic acid groups (broad SMARTS) is 2. The number of thioether (sulfide) groups is 2. The Hall–Kier alpha value is -0.306. The van der Waals surface area contributed by atoms with E-state index in [1.54, 1.807) is 0 Å². The van der Waals surface area contributed by atoms with E-state index in [1.807, 2.05) is 13.8 Å². The molecule has 106 valence electrons. The summed E-state index contributed by atoms with van der Waals surface area (Å²) in [6, 6.07) is 0. The topological polar surface area (TPSA) is 114 Å². The van der Waals surface area contributed by atoms with Crippen molar-refractivity contribution in [3.8, 4) is 0 Å². The molecule has 0 spiro atoms. The van der Waals surface area contributed by atoms with Gasteiger partial charge in [-0.15, -0.1) is 0 Å². The van der Waals surface area contributed by atoms with Crippen LogP contribution in [0.25, 0.3) is 0 Å². The van der Waals surface area contributed by atoms with Crippen LogP contribution in [0.4, 0.5) is 0 Å². The first kappa shape index (κ1) is 23.8. The summed E-state index contributed by atoms with van der Waals surface area (Å²) >= 11 is 2.55. The first-order valence-corrected chi connectivity index (χ1v) is 7.31. The summed E-state index contributed by atoms with van der Waals surface area (Å²) in [6.45, 7) is 3.71. The van der Waals surface area contributed by atoms with Crippen molar-refractivity contribution in [2.75, 3.05) is 23.0 Å². The zero-order valence-corrected chi connectivity index (χ0v) is 13.8. The molecular weight excluding hydrogens is 328 g/mol. The summed E-state index contributed by atoms with van der Waals surface area (Å²) in [5.41, 5.74) is 0. The second-order valence-electron chi connectivity index (χ2n) is 2.70. The third-order valence-corrected chi connectivity index (χ3v) is 3.08. The van der Waals surface area contributed by atoms with E-state index in [0.717, 1.165) is 11.5 Å². The molecule has 19 heavy (non-hydrogen) atoms. The smallest absolute Gasteiger partial charge is 0.542 e. The van der Waals surface area contributed by atoms with Crippen molar-refractivity contribution in [1.82, 2.24) is 0 Å². The third-order valence-electron chi connectivity index (χ3n) is 1.33. The van der Waals surface area contributed by atoms with Gasteiger partial charge in [0.2, 0.25) is 0 Å². The summed E-state index contributed by atoms with van der Waals surface area (Å²) in [5, 5.41) is 19.5. The predicted molar refractivity (Wildman–Crippen MR) is 66.0 cm³/mol. The van der Waals surface area contributed by atoms with Gasteiger partial charge in [0.05, 0.1) is 11.5 Å². The Kier molecular flexibility index (Phi) is 19.7. The van der Waals surface area contributed by atoms with Crippen LogP contribution in [0.15, 0.2) is 0 Å². The molecule has 0 saturated heterocycles. The fraction of sp³-hybridized carbons (Fsp3) is 0.600. The summed E-state index contributed by atoms with van der Waals surface area (Å²) in [5.74, 6) is -3.29. The van der Waals surface area contributed by atoms with E-state index >= 15 is 0 Å². The van der Waals surface area contributed by atoms with Gasteiger partial charge in [0.25, 0.3) is 0 Å². The summed E-state index contributed by atoms with van der Waals surface area (Å²) < 4.78 is 0. The van der Waals surface area contributed by atoms with Gasteiger partial charge < -0.3 is 19.8 Å². The molecule has 0 aliphatic rings. The van der Waals surface area contributed by atoms with Crippen molar-refractivity contribution < 1.29 is 51.1 Å². The molecule has 0 bridgehead atoms. The van der Waals surface area contributed by atoms with Crippen LogP contribution in [0.5, 0.6) is 0 Å². The molecule has 0 aromatic rings. The Labute approximate surface area is 135 Å². The Morgan fingerprint density at radius 1 is 0.789 bits per heavy atom. The fourth-order valence-corrected chi connectivity index (χ4v) is 1.52. The number of hydrogen-bond acceptors (Lipinski definition) is 8. The molecule has 6 nitrogen and oxygen atoms in total. The number of rotatable bonds is 8. The molecule has 0 rings (SSSR count). The van der Waals surface area contributed by atoms with E-state index in [1.165, 1.54) is 23.5 Å². The molecule has 0 saturated carbocycles. The second-order valence-corrected chi connectivity index (χ2v) is 5.24. The molecule has 0 N–H and O–H groups in total. The van der Waals surface area contributed by atoms with Gasteiger partial charge in [0, 0.05) is 0 Å². The third kappa shape index (κ3) is 17.7. The van der Waals surface area contributed by atoms with Gasteiger partial charge in [-0.2, -0.15) is 23.5 Å². The van der Waals surface area contributed by atoms with Crippen molar-refractivity contribution >= 4 is 47.0 Å². The van der Waals surface area contributed by atoms with Crippen molar-refractivity contribution in [3.05, 3.63) is 0 Å². The Morgan fingerprint density at radius 2 is 1.05 bits per heavy atom. The molecule has 0 aromatic carbocycles. The van der Waals surface area contributed by atoms with Gasteiger partial charge in [-0.1, -0.05) is 13.8 Å². The molecule has 0 aliphatic carbocycles. The van der Waals surface area contributed by atoms with Crippen LogP contribution < -0.4 is 10.2 Å². The monoisotopic (exact) mass is 342 g/mol. The second kappa shape index (κ2) is 15.8. The quantitative estimate of drug-likeness (QED) is 0.372. The van der Waals surface area contributed by atoms with Crippen LogP contribution in [-0.4, -0.2) is 46.5 Å². The van der Waals surface area contributed by atoms with Crippen LogP contribution in [0, 0.1) is 0 Å². The molecule has 0 fully saturated rings. The molecular formula is C10H14O6S2Ti. The maximum atomic E-state index is 10.2. The average Bonchev–Trinajstić information content (AvgIpc) is 2.33. The largest absolute Gasteiger partial charge is 2.00 e. The number of aliphatic carboxylic acids is 2. The van der Waals surface area contributed by atoms with Gasteiger partial charge in [-0.3, -0.25) is 9.59 Å². The van der Waals surface area contributed by atoms with Crippen LogP contribution >= 0.6 is 23.5 Å². The van der Waals surface area contributed by atoms with Crippen LogP contribution in [-0.2, 0) is 40.9 Å². The van der Waals surface area contributed by atoms with E-state index < -0.39 is 23.5 Å². The van der Waals surface area contributed by atoms with E-state index in [4.69, 9.17) is 0 Å². The first-order chi connectivity index (χ1) is 8.36. The maximum absolute atomic E-state index is 10.2. The summed E-state index contributed by atoms with van der Waals surface area (Å²) in [7, 11) is 0. The van der Waals surface area contributed by atoms with E-state index in [0.29, 0.717) is 0 Å². The van der Waals surface area contributed by atoms with E-state index in [2.05, 4.69) is 0 Å². The molecule has 0 atom stereocenters. The van der Waals surface area contributed by atoms with Crippen LogP contribution in [0.2, 0.25) is 0 Å². The molecule has 0 amide bonds. The number of carboxylic acids is 2. The predicted octanol–water partition coefficient (Wildman–Crippen LogP) is -1.89. The molecule has 0 aromatic heterocycles. The molecule has 0 heterocycles. The fourth-order valence-electron chi connectivity index (χ4n) is 0.507. The average molecular weight is 342 g/mol. The van der Waals surface area contributed by atoms with Crippen molar-refractivity contribution in [1.29, 1.82) is 0 Å². The van der Waals surface area contributed by atoms with E-state index in [9.17, 15) is 29.4 Å². The number of hydrogen-bond donors (Lipinski definition) is 0. The van der Waals surface area contributed by atoms with Gasteiger partial charge in [0.1, 0.15) is 11.9 Å². The van der Waals surface area contributed by atoms with E-state index in [-0.39, 0.29) is 33.2 Å². The van der Waals surface area contributed by atoms with Crippen LogP contribution in [0.1, 0.15) is 13.8 Å². The molecule has 0 aliphatic heterocycles. The SMILES string of the molecule is CCSCC(=O)C(=O)[O-].CCSCC(=O)C(=O)[O-].[Ti+2]. The van der Waals surface area contributed by atoms with Gasteiger partial charge in [-0.05, 0) is 11.5 Å². The molecule has 0 radical (unpaired) electrons. The minimum absolute atomic E-state index is 0. The number of carbonyl (C=O) groups is 4. The van der Waals surface area contributed by atoms with Gasteiger partial charge >= 0.3 is 21.7 Å². The van der Waals surface area contributed by atoms with Crippen LogP contribution in [0.3, 0.4) is 0 Å². The standard InChI is InChI=1S/2C5H8O3S.Ti/c2*1-2-9-3-4(6)5(7)8;/h2*2-3H2,1H3,(H,7,8);/q;;+2/p-2. The normalized spacial score (nSPS) is 8.53. The number of ketones is 2. The van der Waals surface area contributed by atoms with Crippen molar-refractivity contribution in [3.63, 3.8) is 0 Å². The Bertz CT molecular complexity index is 278. The Morgan fingerprint density at radius 3 is 1.21 bits per heavy atom. The first-order valence-electron chi connectivity index (χ1n) is 5.00. The minimum atomic E-state index is -1.59. The number of Topliss-reactive ketones (excluding diaryl/α,β-unsaturated/α-hetero) is 2. The van der Waals surface area contributed by atoms with Gasteiger partial charge in [0.15, 0.2) is 11.6 Å². The molecule has 0 unspecified atom stereocenters. The zero-order chi connectivity index (χ0) is 14.6.